The van der Waals surface area contributed by atoms with E-state index in [-0.39, 0.29) is 22.7 Å². The number of anilines is 2. The number of aryl methyl sites for hydroxylation is 2. The molecule has 4 atom stereocenters. The van der Waals surface area contributed by atoms with Crippen LogP contribution in [0.1, 0.15) is 35.1 Å². The largest absolute Gasteiger partial charge is 0.416 e. The molecule has 4 aliphatic rings. The fraction of sp³-hybridized carbons (Fsp3) is 0.400. The third-order valence-corrected chi connectivity index (χ3v) is 8.28. The van der Waals surface area contributed by atoms with E-state index in [1.54, 1.807) is 0 Å². The minimum atomic E-state index is -4.68. The van der Waals surface area contributed by atoms with E-state index in [0.29, 0.717) is 24.2 Å². The monoisotopic (exact) mass is 503 g/mol. The highest BCUT2D eigenvalue weighted by molar-refractivity contribution is 6.36. The molecule has 1 N–H and O–H groups in total. The fourth-order valence-electron chi connectivity index (χ4n) is 6.76. The molecule has 35 heavy (non-hydrogen) atoms. The Hall–Kier alpha value is -2.91. The van der Waals surface area contributed by atoms with Crippen LogP contribution >= 0.6 is 11.6 Å². The average molecular weight is 504 g/mol. The zero-order valence-electron chi connectivity index (χ0n) is 18.9. The van der Waals surface area contributed by atoms with Gasteiger partial charge in [0.15, 0.2) is 0 Å². The second-order valence-corrected chi connectivity index (χ2v) is 10.2. The van der Waals surface area contributed by atoms with E-state index in [2.05, 4.69) is 5.32 Å². The molecule has 0 saturated carbocycles. The van der Waals surface area contributed by atoms with E-state index in [0.717, 1.165) is 40.6 Å². The van der Waals surface area contributed by atoms with Crippen molar-refractivity contribution in [3.05, 3.63) is 57.6 Å². The molecule has 10 heteroatoms. The van der Waals surface area contributed by atoms with Gasteiger partial charge < -0.3 is 5.32 Å². The first-order valence-electron chi connectivity index (χ1n) is 11.4. The average Bonchev–Trinajstić information content (AvgIpc) is 3.47. The summed E-state index contributed by atoms with van der Waals surface area (Å²) in [7, 11) is 0. The van der Waals surface area contributed by atoms with Crippen LogP contribution in [-0.2, 0) is 26.1 Å². The molecule has 3 fully saturated rings. The third kappa shape index (κ3) is 2.73. The summed E-state index contributed by atoms with van der Waals surface area (Å²) in [6.07, 6.45) is -3.32. The molecule has 4 unspecified atom stereocenters. The smallest absolute Gasteiger partial charge is 0.324 e. The van der Waals surface area contributed by atoms with Gasteiger partial charge in [-0.3, -0.25) is 19.3 Å². The summed E-state index contributed by atoms with van der Waals surface area (Å²) in [5.41, 5.74) is 0.324. The quantitative estimate of drug-likeness (QED) is 0.585. The second kappa shape index (κ2) is 7.07. The molecular weight excluding hydrogens is 483 g/mol. The number of halogens is 4. The van der Waals surface area contributed by atoms with Crippen molar-refractivity contribution in [2.24, 2.45) is 11.8 Å². The van der Waals surface area contributed by atoms with Gasteiger partial charge in [0.1, 0.15) is 5.54 Å². The van der Waals surface area contributed by atoms with Gasteiger partial charge in [-0.1, -0.05) is 29.3 Å². The molecule has 6 rings (SSSR count). The first-order valence-corrected chi connectivity index (χ1v) is 11.8. The van der Waals surface area contributed by atoms with Crippen molar-refractivity contribution < 1.29 is 27.6 Å². The summed E-state index contributed by atoms with van der Waals surface area (Å²) in [6, 6.07) is 6.01. The summed E-state index contributed by atoms with van der Waals surface area (Å²) >= 11 is 6.22. The highest BCUT2D eigenvalue weighted by atomic mass is 35.5. The lowest BCUT2D eigenvalue weighted by Gasteiger charge is -2.37. The molecular formula is C25H21ClF3N3O3. The number of imide groups is 1. The first-order chi connectivity index (χ1) is 16.5. The van der Waals surface area contributed by atoms with Gasteiger partial charge >= 0.3 is 6.18 Å². The Labute approximate surface area is 204 Å². The van der Waals surface area contributed by atoms with E-state index in [9.17, 15) is 27.6 Å². The van der Waals surface area contributed by atoms with Crippen LogP contribution in [-0.4, -0.2) is 35.2 Å². The third-order valence-electron chi connectivity index (χ3n) is 7.96. The second-order valence-electron chi connectivity index (χ2n) is 9.81. The Morgan fingerprint density at radius 3 is 2.54 bits per heavy atom. The Morgan fingerprint density at radius 2 is 1.83 bits per heavy atom. The normalized spacial score (nSPS) is 29.7. The molecule has 3 saturated heterocycles. The van der Waals surface area contributed by atoms with Gasteiger partial charge in [-0.15, -0.1) is 0 Å². The Balaban J connectivity index is 1.56. The van der Waals surface area contributed by atoms with Crippen LogP contribution in [0.2, 0.25) is 5.02 Å². The molecule has 2 aromatic rings. The lowest BCUT2D eigenvalue weighted by Crippen LogP contribution is -2.54. The summed E-state index contributed by atoms with van der Waals surface area (Å²) in [6.45, 7) is 4.31. The predicted molar refractivity (Wildman–Crippen MR) is 122 cm³/mol. The number of benzene rings is 2. The van der Waals surface area contributed by atoms with Crippen molar-refractivity contribution in [3.8, 4) is 0 Å². The van der Waals surface area contributed by atoms with Crippen LogP contribution in [0.4, 0.5) is 24.5 Å². The summed E-state index contributed by atoms with van der Waals surface area (Å²) in [5, 5.41) is 2.80. The number of carbonyl (C=O) groups is 3. The van der Waals surface area contributed by atoms with Gasteiger partial charge in [-0.05, 0) is 57.0 Å². The highest BCUT2D eigenvalue weighted by Crippen LogP contribution is 2.61. The molecule has 0 radical (unpaired) electrons. The number of nitrogens with one attached hydrogen (secondary N) is 1. The number of amides is 3. The Morgan fingerprint density at radius 1 is 1.09 bits per heavy atom. The van der Waals surface area contributed by atoms with E-state index in [1.165, 1.54) is 0 Å². The number of hydrogen-bond donors (Lipinski definition) is 1. The molecule has 0 aromatic heterocycles. The van der Waals surface area contributed by atoms with Crippen LogP contribution in [0.25, 0.3) is 0 Å². The van der Waals surface area contributed by atoms with Crippen molar-refractivity contribution in [1.29, 1.82) is 0 Å². The van der Waals surface area contributed by atoms with Gasteiger partial charge in [0, 0.05) is 17.3 Å². The number of carbonyl (C=O) groups excluding carboxylic acids is 3. The van der Waals surface area contributed by atoms with E-state index in [4.69, 9.17) is 11.6 Å². The number of alkyl halides is 3. The zero-order valence-corrected chi connectivity index (χ0v) is 19.6. The lowest BCUT2D eigenvalue weighted by molar-refractivity contribution is -0.137. The number of fused-ring (bicyclic) bond motifs is 7. The minimum absolute atomic E-state index is 0.139. The van der Waals surface area contributed by atoms with E-state index < -0.39 is 40.9 Å². The summed E-state index contributed by atoms with van der Waals surface area (Å²) in [4.78, 5) is 44.2. The first kappa shape index (κ1) is 22.5. The van der Waals surface area contributed by atoms with Crippen molar-refractivity contribution >= 4 is 40.7 Å². The lowest BCUT2D eigenvalue weighted by atomic mass is 9.75. The van der Waals surface area contributed by atoms with Crippen LogP contribution in [0, 0.1) is 25.7 Å². The van der Waals surface area contributed by atoms with Gasteiger partial charge in [0.05, 0.1) is 28.1 Å². The van der Waals surface area contributed by atoms with Gasteiger partial charge in [-0.2, -0.15) is 13.2 Å². The highest BCUT2D eigenvalue weighted by Gasteiger charge is 2.74. The molecule has 1 spiro atoms. The maximum Gasteiger partial charge on any atom is 0.416 e. The molecule has 2 aromatic carbocycles. The fourth-order valence-corrected chi connectivity index (χ4v) is 6.96. The van der Waals surface area contributed by atoms with E-state index in [1.807, 2.05) is 30.9 Å². The SMILES string of the molecule is Cc1cc(C)c2c(c1)C1(C(=O)N2)C2C(=O)N(c3cc(C(F)(F)F)ccc3Cl)C(=O)C2C2CCCN21. The maximum atomic E-state index is 14.0. The van der Waals surface area contributed by atoms with Crippen LogP contribution in [0.3, 0.4) is 0 Å². The zero-order chi connectivity index (χ0) is 25.0. The molecule has 3 amide bonds. The molecule has 0 bridgehead atoms. The van der Waals surface area contributed by atoms with Gasteiger partial charge in [0.25, 0.3) is 0 Å². The Bertz CT molecular complexity index is 1340. The maximum absolute atomic E-state index is 14.0. The number of hydrogen-bond acceptors (Lipinski definition) is 4. The topological polar surface area (TPSA) is 69.7 Å². The molecule has 4 heterocycles. The van der Waals surface area contributed by atoms with Crippen molar-refractivity contribution in [3.63, 3.8) is 0 Å². The Kier molecular flexibility index (Phi) is 4.56. The van der Waals surface area contributed by atoms with Crippen molar-refractivity contribution in [2.75, 3.05) is 16.8 Å². The van der Waals surface area contributed by atoms with E-state index >= 15 is 0 Å². The summed E-state index contributed by atoms with van der Waals surface area (Å²) in [5.74, 6) is -3.60. The predicted octanol–water partition coefficient (Wildman–Crippen LogP) is 4.41. The minimum Gasteiger partial charge on any atom is -0.324 e. The molecule has 4 aliphatic heterocycles. The number of rotatable bonds is 1. The van der Waals surface area contributed by atoms with Crippen LogP contribution in [0.5, 0.6) is 0 Å². The standard InChI is InChI=1S/C25H21ClF3N3O3/c1-11-8-12(2)20-14(9-11)24(23(35)30-20)19-18(16-4-3-7-31(16)24)21(33)32(22(19)34)17-10-13(25(27,28)29)5-6-15(17)26/h5-6,8-10,16,18-19H,3-4,7H2,1-2H3,(H,30,35). The van der Waals surface area contributed by atoms with Crippen LogP contribution < -0.4 is 10.2 Å². The number of nitrogens with zero attached hydrogens (tertiary/aromatic N) is 2. The molecule has 182 valence electrons. The van der Waals surface area contributed by atoms with Crippen LogP contribution in [0.15, 0.2) is 30.3 Å². The summed E-state index contributed by atoms with van der Waals surface area (Å²) < 4.78 is 40.3. The van der Waals surface area contributed by atoms with Crippen molar-refractivity contribution in [2.45, 2.75) is 44.4 Å². The molecule has 0 aliphatic carbocycles. The van der Waals surface area contributed by atoms with Crippen molar-refractivity contribution in [1.82, 2.24) is 4.90 Å². The van der Waals surface area contributed by atoms with Gasteiger partial charge in [-0.25, -0.2) is 4.90 Å². The van der Waals surface area contributed by atoms with Gasteiger partial charge in [0.2, 0.25) is 17.7 Å². The molecule has 6 nitrogen and oxygen atoms in total.